The Kier molecular flexibility index (Phi) is 3.64. The maximum Gasteiger partial charge on any atom is 0.276 e. The Bertz CT molecular complexity index is 843. The third-order valence-corrected chi connectivity index (χ3v) is 6.75. The fraction of sp³-hybridized carbons (Fsp3) is 0.375. The molecule has 122 valence electrons. The van der Waals surface area contributed by atoms with Crippen molar-refractivity contribution in [2.24, 2.45) is 0 Å². The summed E-state index contributed by atoms with van der Waals surface area (Å²) in [5.41, 5.74) is 1.82. The molecule has 2 aliphatic rings. The minimum Gasteiger partial charge on any atom is -0.437 e. The molecular formula is C16H16BrNO4S. The molecule has 1 unspecified atom stereocenters. The maximum absolute atomic E-state index is 12.8. The second-order valence-corrected chi connectivity index (χ2v) is 8.55. The Hall–Kier alpha value is -1.15. The summed E-state index contributed by atoms with van der Waals surface area (Å²) in [4.78, 5) is 0. The van der Waals surface area contributed by atoms with E-state index >= 15 is 0 Å². The fourth-order valence-corrected chi connectivity index (χ4v) is 5.29. The monoisotopic (exact) mass is 397 g/mol. The minimum atomic E-state index is -3.65. The van der Waals surface area contributed by atoms with E-state index in [4.69, 9.17) is 9.15 Å². The molecule has 2 heterocycles. The lowest BCUT2D eigenvalue weighted by Gasteiger charge is -2.40. The van der Waals surface area contributed by atoms with Crippen LogP contribution in [-0.2, 0) is 26.8 Å². The van der Waals surface area contributed by atoms with Gasteiger partial charge in [-0.15, -0.1) is 0 Å². The molecule has 1 aromatic heterocycles. The van der Waals surface area contributed by atoms with Gasteiger partial charge >= 0.3 is 0 Å². The maximum atomic E-state index is 12.8. The van der Waals surface area contributed by atoms with Gasteiger partial charge in [-0.05, 0) is 52.0 Å². The Morgan fingerprint density at radius 2 is 2.00 bits per heavy atom. The van der Waals surface area contributed by atoms with Gasteiger partial charge < -0.3 is 9.15 Å². The molecular weight excluding hydrogens is 382 g/mol. The number of aryl methyl sites for hydroxylation is 1. The molecule has 0 bridgehead atoms. The minimum absolute atomic E-state index is 0.0345. The van der Waals surface area contributed by atoms with E-state index in [1.54, 1.807) is 6.07 Å². The van der Waals surface area contributed by atoms with E-state index in [9.17, 15) is 8.42 Å². The number of rotatable bonds is 2. The van der Waals surface area contributed by atoms with Crippen LogP contribution in [0.25, 0.3) is 0 Å². The largest absolute Gasteiger partial charge is 0.437 e. The number of furan rings is 1. The molecule has 1 spiro atoms. The van der Waals surface area contributed by atoms with Crippen molar-refractivity contribution >= 4 is 26.0 Å². The van der Waals surface area contributed by atoms with Crippen molar-refractivity contribution in [1.82, 2.24) is 4.31 Å². The van der Waals surface area contributed by atoms with E-state index in [0.29, 0.717) is 24.4 Å². The third kappa shape index (κ3) is 2.46. The van der Waals surface area contributed by atoms with Gasteiger partial charge in [0, 0.05) is 13.1 Å². The van der Waals surface area contributed by atoms with E-state index in [1.807, 2.05) is 18.2 Å². The van der Waals surface area contributed by atoms with Crippen LogP contribution in [-0.4, -0.2) is 32.4 Å². The summed E-state index contributed by atoms with van der Waals surface area (Å²) in [6.07, 6.45) is 1.72. The predicted octanol–water partition coefficient (Wildman–Crippen LogP) is 2.90. The van der Waals surface area contributed by atoms with Crippen LogP contribution in [0.3, 0.4) is 0 Å². The summed E-state index contributed by atoms with van der Waals surface area (Å²) in [5.74, 6) is 0. The van der Waals surface area contributed by atoms with Crippen molar-refractivity contribution in [3.63, 3.8) is 0 Å². The molecule has 23 heavy (non-hydrogen) atoms. The quantitative estimate of drug-likeness (QED) is 0.781. The molecule has 1 atom stereocenters. The lowest BCUT2D eigenvalue weighted by molar-refractivity contribution is -0.0935. The topological polar surface area (TPSA) is 59.8 Å². The lowest BCUT2D eigenvalue weighted by Crippen LogP contribution is -2.50. The molecule has 0 radical (unpaired) electrons. The molecule has 1 fully saturated rings. The zero-order valence-corrected chi connectivity index (χ0v) is 14.8. The van der Waals surface area contributed by atoms with Gasteiger partial charge in [0.15, 0.2) is 4.67 Å². The molecule has 0 amide bonds. The van der Waals surface area contributed by atoms with Crippen molar-refractivity contribution in [3.8, 4) is 0 Å². The van der Waals surface area contributed by atoms with E-state index < -0.39 is 15.6 Å². The highest BCUT2D eigenvalue weighted by molar-refractivity contribution is 9.10. The van der Waals surface area contributed by atoms with Gasteiger partial charge in [0.25, 0.3) is 10.0 Å². The molecule has 2 aromatic rings. The van der Waals surface area contributed by atoms with E-state index in [1.165, 1.54) is 15.9 Å². The highest BCUT2D eigenvalue weighted by atomic mass is 79.9. The van der Waals surface area contributed by atoms with Crippen LogP contribution in [0.15, 0.2) is 50.6 Å². The zero-order chi connectivity index (χ0) is 16.1. The molecule has 7 heteroatoms. The van der Waals surface area contributed by atoms with Crippen LogP contribution in [0, 0.1) is 0 Å². The van der Waals surface area contributed by atoms with Gasteiger partial charge in [-0.25, -0.2) is 8.42 Å². The van der Waals surface area contributed by atoms with Crippen LogP contribution in [0.4, 0.5) is 0 Å². The van der Waals surface area contributed by atoms with Gasteiger partial charge in [0.2, 0.25) is 5.09 Å². The molecule has 1 aliphatic carbocycles. The molecule has 1 aliphatic heterocycles. The number of sulfonamides is 1. The van der Waals surface area contributed by atoms with Crippen LogP contribution < -0.4 is 0 Å². The van der Waals surface area contributed by atoms with Crippen molar-refractivity contribution in [3.05, 3.63) is 52.2 Å². The Balaban J connectivity index is 1.69. The van der Waals surface area contributed by atoms with Crippen LogP contribution >= 0.6 is 15.9 Å². The van der Waals surface area contributed by atoms with Crippen molar-refractivity contribution in [2.45, 2.75) is 23.5 Å². The number of benzene rings is 1. The summed E-state index contributed by atoms with van der Waals surface area (Å²) < 4.78 is 38.8. The van der Waals surface area contributed by atoms with Crippen LogP contribution in [0.1, 0.15) is 17.5 Å². The van der Waals surface area contributed by atoms with E-state index in [-0.39, 0.29) is 5.09 Å². The van der Waals surface area contributed by atoms with Crippen LogP contribution in [0.2, 0.25) is 0 Å². The summed E-state index contributed by atoms with van der Waals surface area (Å²) in [5, 5.41) is -0.0345. The van der Waals surface area contributed by atoms with Crippen LogP contribution in [0.5, 0.6) is 0 Å². The van der Waals surface area contributed by atoms with Crippen molar-refractivity contribution in [1.29, 1.82) is 0 Å². The molecule has 4 rings (SSSR count). The second kappa shape index (κ2) is 5.44. The first-order valence-electron chi connectivity index (χ1n) is 7.49. The highest BCUT2D eigenvalue weighted by Gasteiger charge is 2.46. The average molecular weight is 398 g/mol. The Labute approximate surface area is 143 Å². The number of halogens is 1. The fourth-order valence-electron chi connectivity index (χ4n) is 3.49. The number of fused-ring (bicyclic) bond motifs is 2. The first-order valence-corrected chi connectivity index (χ1v) is 9.72. The average Bonchev–Trinajstić information content (AvgIpc) is 3.14. The number of ether oxygens (including phenoxy) is 1. The first kappa shape index (κ1) is 15.4. The molecule has 0 saturated carbocycles. The second-order valence-electron chi connectivity index (χ2n) is 5.90. The van der Waals surface area contributed by atoms with Gasteiger partial charge in [-0.3, -0.25) is 0 Å². The number of hydrogen-bond acceptors (Lipinski definition) is 4. The van der Waals surface area contributed by atoms with Crippen molar-refractivity contribution < 1.29 is 17.6 Å². The Morgan fingerprint density at radius 3 is 2.78 bits per heavy atom. The third-order valence-electron chi connectivity index (χ3n) is 4.60. The number of nitrogens with zero attached hydrogens (tertiary/aromatic N) is 1. The van der Waals surface area contributed by atoms with Gasteiger partial charge in [-0.2, -0.15) is 4.31 Å². The SMILES string of the molecule is O=S(=O)(c1ccc(Br)o1)N1CCOC2(CCc3ccccc32)C1. The lowest BCUT2D eigenvalue weighted by atomic mass is 9.94. The molecule has 0 N–H and O–H groups in total. The molecule has 5 nitrogen and oxygen atoms in total. The van der Waals surface area contributed by atoms with Gasteiger partial charge in [0.1, 0.15) is 5.60 Å². The first-order chi connectivity index (χ1) is 11.0. The summed E-state index contributed by atoms with van der Waals surface area (Å²) in [7, 11) is -3.65. The van der Waals surface area contributed by atoms with E-state index in [0.717, 1.165) is 18.4 Å². The standard InChI is InChI=1S/C16H16BrNO4S/c17-14-5-6-15(22-14)23(19,20)18-9-10-21-16(11-18)8-7-12-3-1-2-4-13(12)16/h1-6H,7-11H2. The van der Waals surface area contributed by atoms with Gasteiger partial charge in [0.05, 0.1) is 6.61 Å². The smallest absolute Gasteiger partial charge is 0.276 e. The summed E-state index contributed by atoms with van der Waals surface area (Å²) in [6.45, 7) is 1.05. The Morgan fingerprint density at radius 1 is 1.17 bits per heavy atom. The summed E-state index contributed by atoms with van der Waals surface area (Å²) >= 11 is 3.16. The van der Waals surface area contributed by atoms with Crippen molar-refractivity contribution in [2.75, 3.05) is 19.7 Å². The number of morpholine rings is 1. The zero-order valence-electron chi connectivity index (χ0n) is 12.4. The molecule has 1 aromatic carbocycles. The van der Waals surface area contributed by atoms with E-state index in [2.05, 4.69) is 22.0 Å². The summed E-state index contributed by atoms with van der Waals surface area (Å²) in [6, 6.07) is 11.2. The normalized spacial score (nSPS) is 24.9. The predicted molar refractivity (Wildman–Crippen MR) is 87.6 cm³/mol. The highest BCUT2D eigenvalue weighted by Crippen LogP contribution is 2.43. The number of hydrogen-bond donors (Lipinski definition) is 0. The molecule has 1 saturated heterocycles. The van der Waals surface area contributed by atoms with Gasteiger partial charge in [-0.1, -0.05) is 24.3 Å².